The number of amides is 1. The van der Waals surface area contributed by atoms with Crippen molar-refractivity contribution in [3.05, 3.63) is 52.5 Å². The van der Waals surface area contributed by atoms with Gasteiger partial charge in [0.1, 0.15) is 5.75 Å². The fourth-order valence-corrected chi connectivity index (χ4v) is 2.90. The van der Waals surface area contributed by atoms with E-state index in [4.69, 9.17) is 25.8 Å². The molecular weight excluding hydrogens is 366 g/mol. The zero-order chi connectivity index (χ0) is 19.8. The van der Waals surface area contributed by atoms with Crippen molar-refractivity contribution in [2.75, 3.05) is 27.4 Å². The Balaban J connectivity index is 2.23. The second kappa shape index (κ2) is 10.1. The van der Waals surface area contributed by atoms with E-state index in [9.17, 15) is 4.79 Å². The van der Waals surface area contributed by atoms with Crippen LogP contribution in [-0.2, 0) is 6.54 Å². The van der Waals surface area contributed by atoms with E-state index in [1.165, 1.54) is 0 Å². The fraction of sp³-hybridized carbons (Fsp3) is 0.381. The van der Waals surface area contributed by atoms with Crippen LogP contribution >= 0.6 is 11.6 Å². The van der Waals surface area contributed by atoms with Crippen LogP contribution in [0.2, 0.25) is 5.02 Å². The average Bonchev–Trinajstić information content (AvgIpc) is 2.67. The summed E-state index contributed by atoms with van der Waals surface area (Å²) in [4.78, 5) is 14.5. The Morgan fingerprint density at radius 3 is 2.59 bits per heavy atom. The summed E-state index contributed by atoms with van der Waals surface area (Å²) in [7, 11) is 3.37. The molecule has 27 heavy (non-hydrogen) atoms. The minimum Gasteiger partial charge on any atom is -0.497 e. The van der Waals surface area contributed by atoms with Crippen molar-refractivity contribution >= 4 is 17.5 Å². The van der Waals surface area contributed by atoms with Crippen LogP contribution in [0.25, 0.3) is 0 Å². The summed E-state index contributed by atoms with van der Waals surface area (Å²) in [6.07, 6.45) is 0.853. The third-order valence-corrected chi connectivity index (χ3v) is 4.19. The van der Waals surface area contributed by atoms with E-state index in [0.29, 0.717) is 41.8 Å². The Kier molecular flexibility index (Phi) is 7.80. The maximum Gasteiger partial charge on any atom is 0.254 e. The van der Waals surface area contributed by atoms with Crippen LogP contribution in [0.3, 0.4) is 0 Å². The molecule has 0 radical (unpaired) electrons. The summed E-state index contributed by atoms with van der Waals surface area (Å²) in [6, 6.07) is 10.9. The van der Waals surface area contributed by atoms with Crippen molar-refractivity contribution in [1.29, 1.82) is 0 Å². The summed E-state index contributed by atoms with van der Waals surface area (Å²) < 4.78 is 16.6. The molecule has 6 heteroatoms. The molecule has 0 unspecified atom stereocenters. The van der Waals surface area contributed by atoms with E-state index < -0.39 is 0 Å². The van der Waals surface area contributed by atoms with Gasteiger partial charge in [-0.25, -0.2) is 0 Å². The molecule has 2 rings (SSSR count). The van der Waals surface area contributed by atoms with Crippen LogP contribution < -0.4 is 14.2 Å². The zero-order valence-corrected chi connectivity index (χ0v) is 17.0. The highest BCUT2D eigenvalue weighted by Gasteiger charge is 2.19. The van der Waals surface area contributed by atoms with Gasteiger partial charge in [-0.2, -0.15) is 0 Å². The molecule has 0 N–H and O–H groups in total. The fourth-order valence-electron chi connectivity index (χ4n) is 2.64. The van der Waals surface area contributed by atoms with Gasteiger partial charge in [0.25, 0.3) is 5.91 Å². The smallest absolute Gasteiger partial charge is 0.254 e. The molecule has 0 aliphatic heterocycles. The quantitative estimate of drug-likeness (QED) is 0.615. The Labute approximate surface area is 165 Å². The summed E-state index contributed by atoms with van der Waals surface area (Å²) in [5.74, 6) is 1.57. The van der Waals surface area contributed by atoms with Gasteiger partial charge < -0.3 is 19.1 Å². The van der Waals surface area contributed by atoms with Crippen LogP contribution in [0.1, 0.15) is 36.2 Å². The Bertz CT molecular complexity index is 779. The summed E-state index contributed by atoms with van der Waals surface area (Å²) >= 11 is 6.36. The first-order chi connectivity index (χ1) is 13.0. The number of rotatable bonds is 9. The lowest BCUT2D eigenvalue weighted by molar-refractivity contribution is 0.0784. The molecule has 0 saturated heterocycles. The molecule has 0 aromatic heterocycles. The number of carbonyl (C=O) groups is 1. The van der Waals surface area contributed by atoms with Gasteiger partial charge in [-0.1, -0.05) is 30.7 Å². The van der Waals surface area contributed by atoms with Gasteiger partial charge in [-0.3, -0.25) is 4.79 Å². The van der Waals surface area contributed by atoms with Gasteiger partial charge in [0.15, 0.2) is 11.5 Å². The number of methoxy groups -OCH3 is 1. The standard InChI is InChI=1S/C21H26ClNO4/c1-5-10-27-20-18(22)12-16(13-19(20)26-6-2)21(24)23(3)14-15-8-7-9-17(11-15)25-4/h7-9,11-13H,5-6,10,14H2,1-4H3. The molecule has 5 nitrogen and oxygen atoms in total. The second-order valence-corrected chi connectivity index (χ2v) is 6.49. The Morgan fingerprint density at radius 1 is 1.15 bits per heavy atom. The molecule has 0 saturated carbocycles. The van der Waals surface area contributed by atoms with E-state index in [2.05, 4.69) is 0 Å². The van der Waals surface area contributed by atoms with Gasteiger partial charge in [-0.05, 0) is 43.2 Å². The van der Waals surface area contributed by atoms with Gasteiger partial charge in [0.05, 0.1) is 25.3 Å². The monoisotopic (exact) mass is 391 g/mol. The van der Waals surface area contributed by atoms with Crippen molar-refractivity contribution in [3.8, 4) is 17.2 Å². The molecule has 146 valence electrons. The first kappa shape index (κ1) is 20.9. The largest absolute Gasteiger partial charge is 0.497 e. The summed E-state index contributed by atoms with van der Waals surface area (Å²) in [5.41, 5.74) is 1.43. The third-order valence-electron chi connectivity index (χ3n) is 3.91. The molecule has 0 fully saturated rings. The minimum absolute atomic E-state index is 0.150. The number of nitrogens with zero attached hydrogens (tertiary/aromatic N) is 1. The lowest BCUT2D eigenvalue weighted by atomic mass is 10.1. The predicted molar refractivity (Wildman–Crippen MR) is 107 cm³/mol. The van der Waals surface area contributed by atoms with E-state index in [-0.39, 0.29) is 5.91 Å². The molecule has 0 bridgehead atoms. The Morgan fingerprint density at radius 2 is 1.93 bits per heavy atom. The number of hydrogen-bond donors (Lipinski definition) is 0. The van der Waals surface area contributed by atoms with Crippen molar-refractivity contribution in [3.63, 3.8) is 0 Å². The summed E-state index contributed by atoms with van der Waals surface area (Å²) in [6.45, 7) is 5.32. The number of halogens is 1. The summed E-state index contributed by atoms with van der Waals surface area (Å²) in [5, 5.41) is 0.368. The van der Waals surface area contributed by atoms with Gasteiger partial charge in [0, 0.05) is 19.2 Å². The number of benzene rings is 2. The van der Waals surface area contributed by atoms with Gasteiger partial charge in [0.2, 0.25) is 0 Å². The third kappa shape index (κ3) is 5.54. The molecular formula is C21H26ClNO4. The maximum absolute atomic E-state index is 12.9. The Hall–Kier alpha value is -2.40. The molecule has 0 aliphatic carbocycles. The number of carbonyl (C=O) groups excluding carboxylic acids is 1. The first-order valence-electron chi connectivity index (χ1n) is 8.97. The number of hydrogen-bond acceptors (Lipinski definition) is 4. The van der Waals surface area contributed by atoms with Crippen LogP contribution in [0.15, 0.2) is 36.4 Å². The van der Waals surface area contributed by atoms with Crippen molar-refractivity contribution in [2.45, 2.75) is 26.8 Å². The van der Waals surface area contributed by atoms with E-state index in [1.807, 2.05) is 38.1 Å². The van der Waals surface area contributed by atoms with E-state index in [0.717, 1.165) is 17.7 Å². The molecule has 0 spiro atoms. The zero-order valence-electron chi connectivity index (χ0n) is 16.3. The first-order valence-corrected chi connectivity index (χ1v) is 9.35. The van der Waals surface area contributed by atoms with Crippen LogP contribution in [-0.4, -0.2) is 38.2 Å². The average molecular weight is 392 g/mol. The maximum atomic E-state index is 12.9. The van der Waals surface area contributed by atoms with Crippen molar-refractivity contribution in [1.82, 2.24) is 4.90 Å². The van der Waals surface area contributed by atoms with E-state index >= 15 is 0 Å². The van der Waals surface area contributed by atoms with Gasteiger partial charge in [-0.15, -0.1) is 0 Å². The highest BCUT2D eigenvalue weighted by Crippen LogP contribution is 2.37. The highest BCUT2D eigenvalue weighted by atomic mass is 35.5. The normalized spacial score (nSPS) is 10.4. The predicted octanol–water partition coefficient (Wildman–Crippen LogP) is 4.81. The van der Waals surface area contributed by atoms with Crippen molar-refractivity contribution in [2.24, 2.45) is 0 Å². The van der Waals surface area contributed by atoms with E-state index in [1.54, 1.807) is 31.2 Å². The lowest BCUT2D eigenvalue weighted by Gasteiger charge is -2.20. The minimum atomic E-state index is -0.150. The lowest BCUT2D eigenvalue weighted by Crippen LogP contribution is -2.26. The van der Waals surface area contributed by atoms with Gasteiger partial charge >= 0.3 is 0 Å². The van der Waals surface area contributed by atoms with Crippen LogP contribution in [0.5, 0.6) is 17.2 Å². The molecule has 0 aliphatic rings. The molecule has 2 aromatic carbocycles. The molecule has 0 heterocycles. The molecule has 1 amide bonds. The SMILES string of the molecule is CCCOc1c(Cl)cc(C(=O)N(C)Cc2cccc(OC)c2)cc1OCC. The molecule has 2 aromatic rings. The molecule has 0 atom stereocenters. The number of ether oxygens (including phenoxy) is 3. The second-order valence-electron chi connectivity index (χ2n) is 6.08. The van der Waals surface area contributed by atoms with Crippen LogP contribution in [0.4, 0.5) is 0 Å². The van der Waals surface area contributed by atoms with Crippen molar-refractivity contribution < 1.29 is 19.0 Å². The topological polar surface area (TPSA) is 48.0 Å². The van der Waals surface area contributed by atoms with Crippen LogP contribution in [0, 0.1) is 0 Å². The highest BCUT2D eigenvalue weighted by molar-refractivity contribution is 6.32.